The second kappa shape index (κ2) is 13.2. The normalized spacial score (nSPS) is 19.8. The van der Waals surface area contributed by atoms with E-state index >= 15 is 0 Å². The minimum absolute atomic E-state index is 0.0117. The summed E-state index contributed by atoms with van der Waals surface area (Å²) in [6, 6.07) is 14.4. The van der Waals surface area contributed by atoms with Crippen molar-refractivity contribution < 1.29 is 13.2 Å². The van der Waals surface area contributed by atoms with Gasteiger partial charge in [0.1, 0.15) is 6.17 Å². The van der Waals surface area contributed by atoms with Crippen molar-refractivity contribution in [1.82, 2.24) is 0 Å². The fourth-order valence-electron chi connectivity index (χ4n) is 5.64. The fraction of sp³-hybridized carbons (Fsp3) is 0.583. The Hall–Kier alpha value is -2.56. The van der Waals surface area contributed by atoms with Crippen LogP contribution in [0, 0.1) is 11.3 Å². The van der Waals surface area contributed by atoms with E-state index < -0.39 is 12.1 Å². The molecule has 2 aromatic rings. The van der Waals surface area contributed by atoms with Crippen molar-refractivity contribution in [2.24, 2.45) is 16.3 Å². The molecular weight excluding hydrogens is 517 g/mol. The van der Waals surface area contributed by atoms with Gasteiger partial charge in [0.05, 0.1) is 6.04 Å². The smallest absolute Gasteiger partial charge is 0.272 e. The standard InChI is InChI=1S/C18H23F3N2.C18H26/c1-12(22-15-4-5-15)13-3-6-17(16(11-13)18(2,20)21)23-9-7-14(19)8-10-23;1-14(2)17-10-8-16(9-11-17)7-5-6-15(3)18(4)12-13-18/h3,6,11,14-15H,4-5,7-10H2,1-2H3;8-11,15H,1,5-7,12-13H2,2-4H3. The average molecular weight is 567 g/mol. The van der Waals surface area contributed by atoms with Crippen LogP contribution in [-0.2, 0) is 12.3 Å². The number of aryl methyl sites for hydroxylation is 1. The second-order valence-electron chi connectivity index (χ2n) is 13.2. The third-order valence-corrected chi connectivity index (χ3v) is 9.35. The number of alkyl halides is 3. The number of halogens is 3. The minimum atomic E-state index is -2.93. The van der Waals surface area contributed by atoms with Gasteiger partial charge in [-0.25, -0.2) is 13.2 Å². The zero-order valence-electron chi connectivity index (χ0n) is 25.8. The number of benzene rings is 2. The molecule has 0 bridgehead atoms. The molecule has 2 saturated carbocycles. The Bertz CT molecular complexity index is 1190. The molecule has 224 valence electrons. The monoisotopic (exact) mass is 566 g/mol. The molecule has 41 heavy (non-hydrogen) atoms. The molecule has 1 heterocycles. The highest BCUT2D eigenvalue weighted by atomic mass is 19.3. The topological polar surface area (TPSA) is 15.6 Å². The summed E-state index contributed by atoms with van der Waals surface area (Å²) in [5, 5.41) is 0. The Morgan fingerprint density at radius 1 is 1.02 bits per heavy atom. The van der Waals surface area contributed by atoms with Crippen molar-refractivity contribution in [1.29, 1.82) is 0 Å². The summed E-state index contributed by atoms with van der Waals surface area (Å²) in [6.07, 6.45) is 8.97. The van der Waals surface area contributed by atoms with E-state index in [1.54, 1.807) is 12.1 Å². The molecule has 1 atom stereocenters. The van der Waals surface area contributed by atoms with Gasteiger partial charge >= 0.3 is 0 Å². The molecule has 0 N–H and O–H groups in total. The zero-order valence-corrected chi connectivity index (χ0v) is 25.8. The Morgan fingerprint density at radius 3 is 2.17 bits per heavy atom. The Morgan fingerprint density at radius 2 is 1.63 bits per heavy atom. The number of rotatable bonds is 10. The molecule has 2 nitrogen and oxygen atoms in total. The molecule has 3 fully saturated rings. The van der Waals surface area contributed by atoms with Gasteiger partial charge in [-0.05, 0) is 112 Å². The highest BCUT2D eigenvalue weighted by molar-refractivity contribution is 5.99. The SMILES string of the molecule is C=C(C)c1ccc(CCCC(C)C2(C)CC2)cc1.CC(=NC1CC1)c1ccc(N2CCC(F)CC2)c(C(C)(F)F)c1. The van der Waals surface area contributed by atoms with Crippen LogP contribution in [0.5, 0.6) is 0 Å². The average Bonchev–Trinajstić information content (AvgIpc) is 3.88. The first-order valence-corrected chi connectivity index (χ1v) is 15.6. The van der Waals surface area contributed by atoms with Crippen LogP contribution in [0.4, 0.5) is 18.9 Å². The Balaban J connectivity index is 0.000000195. The molecule has 1 saturated heterocycles. The van der Waals surface area contributed by atoms with Crippen molar-refractivity contribution in [2.45, 2.75) is 111 Å². The Kier molecular flexibility index (Phi) is 10.1. The van der Waals surface area contributed by atoms with Crippen LogP contribution in [0.3, 0.4) is 0 Å². The Labute approximate surface area is 246 Å². The number of piperidine rings is 1. The van der Waals surface area contributed by atoms with Gasteiger partial charge in [-0.2, -0.15) is 0 Å². The molecule has 2 aromatic carbocycles. The van der Waals surface area contributed by atoms with Crippen molar-refractivity contribution in [3.05, 3.63) is 71.3 Å². The number of hydrogen-bond donors (Lipinski definition) is 0. The van der Waals surface area contributed by atoms with E-state index in [-0.39, 0.29) is 5.56 Å². The quantitative estimate of drug-likeness (QED) is 0.261. The second-order valence-corrected chi connectivity index (χ2v) is 13.2. The number of anilines is 1. The number of nitrogens with zero attached hydrogens (tertiary/aromatic N) is 2. The number of allylic oxidation sites excluding steroid dienone is 1. The first kappa shape index (κ1) is 31.4. The lowest BCUT2D eigenvalue weighted by atomic mass is 9.87. The molecule has 1 unspecified atom stereocenters. The van der Waals surface area contributed by atoms with Crippen molar-refractivity contribution in [3.8, 4) is 0 Å². The van der Waals surface area contributed by atoms with E-state index in [1.807, 2.05) is 17.9 Å². The lowest BCUT2D eigenvalue weighted by Gasteiger charge is -2.33. The summed E-state index contributed by atoms with van der Waals surface area (Å²) >= 11 is 0. The fourth-order valence-corrected chi connectivity index (χ4v) is 5.64. The van der Waals surface area contributed by atoms with Crippen LogP contribution in [0.25, 0.3) is 5.57 Å². The third-order valence-electron chi connectivity index (χ3n) is 9.35. The molecular formula is C36H49F3N2. The van der Waals surface area contributed by atoms with Crippen molar-refractivity contribution in [2.75, 3.05) is 18.0 Å². The first-order chi connectivity index (χ1) is 19.4. The maximum absolute atomic E-state index is 14.1. The molecule has 0 amide bonds. The predicted octanol–water partition coefficient (Wildman–Crippen LogP) is 10.2. The summed E-state index contributed by atoms with van der Waals surface area (Å²) < 4.78 is 41.6. The zero-order chi connectivity index (χ0) is 29.8. The lowest BCUT2D eigenvalue weighted by Crippen LogP contribution is -2.35. The van der Waals surface area contributed by atoms with Crippen LogP contribution in [0.1, 0.15) is 108 Å². The van der Waals surface area contributed by atoms with Crippen LogP contribution >= 0.6 is 0 Å². The van der Waals surface area contributed by atoms with Gasteiger partial charge in [0.25, 0.3) is 5.92 Å². The number of aliphatic imine (C=N–C) groups is 1. The molecule has 1 aliphatic heterocycles. The molecule has 0 spiro atoms. The van der Waals surface area contributed by atoms with E-state index in [1.165, 1.54) is 43.2 Å². The van der Waals surface area contributed by atoms with E-state index in [4.69, 9.17) is 0 Å². The summed E-state index contributed by atoms with van der Waals surface area (Å²) in [5.74, 6) is -2.04. The highest BCUT2D eigenvalue weighted by Crippen LogP contribution is 2.52. The third kappa shape index (κ3) is 8.96. The lowest BCUT2D eigenvalue weighted by molar-refractivity contribution is 0.0179. The maximum atomic E-state index is 14.1. The van der Waals surface area contributed by atoms with Gasteiger partial charge in [-0.15, -0.1) is 0 Å². The van der Waals surface area contributed by atoms with Gasteiger partial charge in [-0.1, -0.05) is 56.3 Å². The van der Waals surface area contributed by atoms with Gasteiger partial charge in [0.15, 0.2) is 0 Å². The van der Waals surface area contributed by atoms with Crippen LogP contribution < -0.4 is 4.90 Å². The summed E-state index contributed by atoms with van der Waals surface area (Å²) in [4.78, 5) is 6.42. The predicted molar refractivity (Wildman–Crippen MR) is 168 cm³/mol. The molecule has 0 aromatic heterocycles. The molecule has 0 radical (unpaired) electrons. The largest absolute Gasteiger partial charge is 0.371 e. The van der Waals surface area contributed by atoms with E-state index in [0.29, 0.717) is 43.1 Å². The van der Waals surface area contributed by atoms with Crippen molar-refractivity contribution in [3.63, 3.8) is 0 Å². The van der Waals surface area contributed by atoms with Crippen LogP contribution in [0.15, 0.2) is 54.0 Å². The molecule has 3 aliphatic rings. The summed E-state index contributed by atoms with van der Waals surface area (Å²) in [7, 11) is 0. The van der Waals surface area contributed by atoms with Gasteiger partial charge in [0.2, 0.25) is 0 Å². The highest BCUT2D eigenvalue weighted by Gasteiger charge is 2.41. The van der Waals surface area contributed by atoms with E-state index in [0.717, 1.165) is 42.5 Å². The minimum Gasteiger partial charge on any atom is -0.371 e. The van der Waals surface area contributed by atoms with Crippen molar-refractivity contribution >= 4 is 17.0 Å². The van der Waals surface area contributed by atoms with Crippen LogP contribution in [0.2, 0.25) is 0 Å². The van der Waals surface area contributed by atoms with Gasteiger partial charge in [-0.3, -0.25) is 4.99 Å². The molecule has 2 aliphatic carbocycles. The van der Waals surface area contributed by atoms with E-state index in [2.05, 4.69) is 56.6 Å². The van der Waals surface area contributed by atoms with Gasteiger partial charge < -0.3 is 4.90 Å². The number of hydrogen-bond acceptors (Lipinski definition) is 2. The van der Waals surface area contributed by atoms with Crippen LogP contribution in [-0.4, -0.2) is 31.0 Å². The first-order valence-electron chi connectivity index (χ1n) is 15.6. The van der Waals surface area contributed by atoms with Gasteiger partial charge in [0, 0.05) is 37.0 Å². The maximum Gasteiger partial charge on any atom is 0.272 e. The molecule has 5 heteroatoms. The van der Waals surface area contributed by atoms with E-state index in [9.17, 15) is 13.2 Å². The molecule has 5 rings (SSSR count). The summed E-state index contributed by atoms with van der Waals surface area (Å²) in [5.41, 5.74) is 6.65. The summed E-state index contributed by atoms with van der Waals surface area (Å²) in [6.45, 7) is 14.7.